The molecule has 2 atom stereocenters. The Labute approximate surface area is 160 Å². The lowest BCUT2D eigenvalue weighted by molar-refractivity contribution is -0.117. The Morgan fingerprint density at radius 3 is 2.56 bits per heavy atom. The number of carbonyl (C=O) groups excluding carboxylic acids is 2. The van der Waals surface area contributed by atoms with E-state index in [1.807, 2.05) is 31.2 Å². The average Bonchev–Trinajstić information content (AvgIpc) is 3.42. The fourth-order valence-electron chi connectivity index (χ4n) is 3.02. The Bertz CT molecular complexity index is 819. The van der Waals surface area contributed by atoms with Gasteiger partial charge in [0.1, 0.15) is 0 Å². The molecular formula is C22H26N2O3. The van der Waals surface area contributed by atoms with Gasteiger partial charge in [-0.05, 0) is 48.6 Å². The number of amides is 2. The third-order valence-electron chi connectivity index (χ3n) is 4.86. The van der Waals surface area contributed by atoms with Crippen molar-refractivity contribution in [2.45, 2.75) is 33.4 Å². The third-order valence-corrected chi connectivity index (χ3v) is 4.86. The van der Waals surface area contributed by atoms with Crippen LogP contribution in [0.3, 0.4) is 0 Å². The van der Waals surface area contributed by atoms with Crippen molar-refractivity contribution < 1.29 is 14.3 Å². The molecule has 0 aliphatic heterocycles. The molecule has 2 N–H and O–H groups in total. The maximum Gasteiger partial charge on any atom is 0.251 e. The summed E-state index contributed by atoms with van der Waals surface area (Å²) in [4.78, 5) is 24.6. The smallest absolute Gasteiger partial charge is 0.251 e. The fourth-order valence-corrected chi connectivity index (χ4v) is 3.02. The maximum absolute atomic E-state index is 12.5. The lowest BCUT2D eigenvalue weighted by Crippen LogP contribution is -2.24. The molecule has 1 aliphatic carbocycles. The van der Waals surface area contributed by atoms with E-state index in [-0.39, 0.29) is 17.7 Å². The zero-order chi connectivity index (χ0) is 19.2. The van der Waals surface area contributed by atoms with Gasteiger partial charge >= 0.3 is 0 Å². The molecule has 5 heteroatoms. The number of nitrogens with one attached hydrogen (secondary N) is 2. The van der Waals surface area contributed by atoms with Crippen molar-refractivity contribution in [1.29, 1.82) is 0 Å². The first-order chi connectivity index (χ1) is 13.1. The SMILES string of the molecule is CCOCc1ccccc1CNC(=O)c1cccc(NC(=O)[C@@H]2C[C@H]2C)c1. The van der Waals surface area contributed by atoms with E-state index >= 15 is 0 Å². The third kappa shape index (κ3) is 5.17. The second-order valence-corrected chi connectivity index (χ2v) is 6.98. The second kappa shape index (κ2) is 8.82. The Kier molecular flexibility index (Phi) is 6.24. The zero-order valence-corrected chi connectivity index (χ0v) is 15.8. The first kappa shape index (κ1) is 19.1. The van der Waals surface area contributed by atoms with Gasteiger partial charge in [-0.3, -0.25) is 9.59 Å². The van der Waals surface area contributed by atoms with Crippen LogP contribution in [0.1, 0.15) is 41.8 Å². The predicted molar refractivity (Wildman–Crippen MR) is 105 cm³/mol. The molecule has 0 saturated heterocycles. The predicted octanol–water partition coefficient (Wildman–Crippen LogP) is 3.75. The molecule has 2 aromatic carbocycles. The highest BCUT2D eigenvalue weighted by atomic mass is 16.5. The monoisotopic (exact) mass is 366 g/mol. The molecule has 0 unspecified atom stereocenters. The van der Waals surface area contributed by atoms with Crippen LogP contribution in [0.4, 0.5) is 5.69 Å². The van der Waals surface area contributed by atoms with E-state index in [4.69, 9.17) is 4.74 Å². The van der Waals surface area contributed by atoms with Gasteiger partial charge in [0, 0.05) is 30.3 Å². The minimum absolute atomic E-state index is 0.0323. The van der Waals surface area contributed by atoms with E-state index in [1.165, 1.54) is 0 Å². The Balaban J connectivity index is 1.60. The van der Waals surface area contributed by atoms with Crippen LogP contribution in [0.25, 0.3) is 0 Å². The molecule has 0 heterocycles. The second-order valence-electron chi connectivity index (χ2n) is 6.98. The van der Waals surface area contributed by atoms with Crippen molar-refractivity contribution in [3.8, 4) is 0 Å². The first-order valence-corrected chi connectivity index (χ1v) is 9.42. The standard InChI is InChI=1S/C22H26N2O3/c1-3-27-14-18-8-5-4-7-17(18)13-23-21(25)16-9-6-10-19(12-16)24-22(26)20-11-15(20)2/h4-10,12,15,20H,3,11,13-14H2,1-2H3,(H,23,25)(H,24,26)/t15-,20-/m1/s1. The number of benzene rings is 2. The molecule has 1 aliphatic rings. The summed E-state index contributed by atoms with van der Waals surface area (Å²) in [6.45, 7) is 5.64. The summed E-state index contributed by atoms with van der Waals surface area (Å²) in [6, 6.07) is 15.0. The van der Waals surface area contributed by atoms with E-state index < -0.39 is 0 Å². The van der Waals surface area contributed by atoms with E-state index in [1.54, 1.807) is 24.3 Å². The van der Waals surface area contributed by atoms with E-state index in [9.17, 15) is 9.59 Å². The van der Waals surface area contributed by atoms with Crippen molar-refractivity contribution >= 4 is 17.5 Å². The van der Waals surface area contributed by atoms with E-state index in [0.29, 0.717) is 36.9 Å². The van der Waals surface area contributed by atoms with Crippen molar-refractivity contribution in [3.05, 3.63) is 65.2 Å². The van der Waals surface area contributed by atoms with Gasteiger partial charge in [0.2, 0.25) is 5.91 Å². The number of carbonyl (C=O) groups is 2. The molecule has 3 rings (SSSR count). The van der Waals surface area contributed by atoms with Crippen LogP contribution in [-0.2, 0) is 22.7 Å². The molecule has 2 aromatic rings. The van der Waals surface area contributed by atoms with E-state index in [0.717, 1.165) is 17.5 Å². The number of ether oxygens (including phenoxy) is 1. The van der Waals surface area contributed by atoms with Crippen LogP contribution >= 0.6 is 0 Å². The molecule has 0 radical (unpaired) electrons. The molecule has 2 amide bonds. The van der Waals surface area contributed by atoms with Gasteiger partial charge in [-0.1, -0.05) is 37.3 Å². The summed E-state index contributed by atoms with van der Waals surface area (Å²) in [5, 5.41) is 5.85. The maximum atomic E-state index is 12.5. The van der Waals surface area contributed by atoms with Gasteiger partial charge in [0.05, 0.1) is 6.61 Å². The average molecular weight is 366 g/mol. The lowest BCUT2D eigenvalue weighted by atomic mass is 10.1. The molecular weight excluding hydrogens is 340 g/mol. The van der Waals surface area contributed by atoms with Gasteiger partial charge in [-0.15, -0.1) is 0 Å². The number of hydrogen-bond acceptors (Lipinski definition) is 3. The fraction of sp³-hybridized carbons (Fsp3) is 0.364. The summed E-state index contributed by atoms with van der Waals surface area (Å²) in [5.41, 5.74) is 3.29. The summed E-state index contributed by atoms with van der Waals surface area (Å²) in [7, 11) is 0. The largest absolute Gasteiger partial charge is 0.377 e. The molecule has 5 nitrogen and oxygen atoms in total. The molecule has 0 spiro atoms. The van der Waals surface area contributed by atoms with Crippen molar-refractivity contribution in [2.24, 2.45) is 11.8 Å². The Morgan fingerprint density at radius 2 is 1.85 bits per heavy atom. The van der Waals surface area contributed by atoms with Crippen molar-refractivity contribution in [1.82, 2.24) is 5.32 Å². The lowest BCUT2D eigenvalue weighted by Gasteiger charge is -2.11. The molecule has 0 aromatic heterocycles. The minimum atomic E-state index is -0.169. The van der Waals surface area contributed by atoms with Crippen LogP contribution in [0.5, 0.6) is 0 Å². The highest BCUT2D eigenvalue weighted by molar-refractivity contribution is 5.98. The highest BCUT2D eigenvalue weighted by Gasteiger charge is 2.39. The molecule has 1 fully saturated rings. The highest BCUT2D eigenvalue weighted by Crippen LogP contribution is 2.38. The summed E-state index contributed by atoms with van der Waals surface area (Å²) < 4.78 is 5.48. The molecule has 1 saturated carbocycles. The van der Waals surface area contributed by atoms with Crippen LogP contribution in [0.15, 0.2) is 48.5 Å². The molecule has 0 bridgehead atoms. The summed E-state index contributed by atoms with van der Waals surface area (Å²) in [6.07, 6.45) is 0.938. The minimum Gasteiger partial charge on any atom is -0.377 e. The van der Waals surface area contributed by atoms with Crippen LogP contribution in [0, 0.1) is 11.8 Å². The quantitative estimate of drug-likeness (QED) is 0.748. The van der Waals surface area contributed by atoms with Crippen LogP contribution < -0.4 is 10.6 Å². The Hall–Kier alpha value is -2.66. The van der Waals surface area contributed by atoms with Crippen molar-refractivity contribution in [2.75, 3.05) is 11.9 Å². The molecule has 142 valence electrons. The van der Waals surface area contributed by atoms with Gasteiger partial charge in [0.25, 0.3) is 5.91 Å². The van der Waals surface area contributed by atoms with Crippen LogP contribution in [0.2, 0.25) is 0 Å². The van der Waals surface area contributed by atoms with Crippen molar-refractivity contribution in [3.63, 3.8) is 0 Å². The normalized spacial score (nSPS) is 18.0. The summed E-state index contributed by atoms with van der Waals surface area (Å²) in [5.74, 6) is 0.416. The topological polar surface area (TPSA) is 67.4 Å². The summed E-state index contributed by atoms with van der Waals surface area (Å²) >= 11 is 0. The van der Waals surface area contributed by atoms with E-state index in [2.05, 4.69) is 17.6 Å². The Morgan fingerprint density at radius 1 is 1.11 bits per heavy atom. The van der Waals surface area contributed by atoms with Gasteiger partial charge in [-0.2, -0.15) is 0 Å². The zero-order valence-electron chi connectivity index (χ0n) is 15.8. The van der Waals surface area contributed by atoms with Crippen LogP contribution in [-0.4, -0.2) is 18.4 Å². The number of rotatable bonds is 8. The first-order valence-electron chi connectivity index (χ1n) is 9.42. The van der Waals surface area contributed by atoms with Gasteiger partial charge in [0.15, 0.2) is 0 Å². The van der Waals surface area contributed by atoms with Gasteiger partial charge in [-0.25, -0.2) is 0 Å². The molecule has 27 heavy (non-hydrogen) atoms. The van der Waals surface area contributed by atoms with Gasteiger partial charge < -0.3 is 15.4 Å². The number of hydrogen-bond donors (Lipinski definition) is 2. The number of anilines is 1.